The van der Waals surface area contributed by atoms with Crippen LogP contribution >= 0.6 is 0 Å². The zero-order valence-electron chi connectivity index (χ0n) is 11.8. The Bertz CT molecular complexity index is 528. The minimum atomic E-state index is -0.420. The standard InChI is InChI=1S/C16H19FO3/c1-16(2)8-7-13(20-16)11-19-15-10-12(4-3-9-18)5-6-14(15)17/h5-6,10,13,18H,7-9,11H2,1-2H3. The van der Waals surface area contributed by atoms with Crippen LogP contribution in [0.1, 0.15) is 32.3 Å². The van der Waals surface area contributed by atoms with E-state index < -0.39 is 5.82 Å². The molecule has 0 saturated carbocycles. The molecule has 3 nitrogen and oxygen atoms in total. The Hall–Kier alpha value is -1.57. The summed E-state index contributed by atoms with van der Waals surface area (Å²) in [5.41, 5.74) is 0.490. The maximum Gasteiger partial charge on any atom is 0.165 e. The molecule has 1 aliphatic heterocycles. The number of hydrogen-bond acceptors (Lipinski definition) is 3. The molecule has 4 heteroatoms. The second kappa shape index (κ2) is 6.25. The summed E-state index contributed by atoms with van der Waals surface area (Å²) in [6.45, 7) is 4.19. The number of hydrogen-bond donors (Lipinski definition) is 1. The van der Waals surface area contributed by atoms with Crippen LogP contribution in [0.25, 0.3) is 0 Å². The number of benzene rings is 1. The smallest absolute Gasteiger partial charge is 0.165 e. The summed E-state index contributed by atoms with van der Waals surface area (Å²) in [5.74, 6) is 5.00. The highest BCUT2D eigenvalue weighted by Gasteiger charge is 2.32. The van der Waals surface area contributed by atoms with E-state index in [0.717, 1.165) is 12.8 Å². The maximum atomic E-state index is 13.7. The highest BCUT2D eigenvalue weighted by Crippen LogP contribution is 2.30. The molecule has 1 unspecified atom stereocenters. The van der Waals surface area contributed by atoms with Gasteiger partial charge in [0.25, 0.3) is 0 Å². The summed E-state index contributed by atoms with van der Waals surface area (Å²) >= 11 is 0. The Morgan fingerprint density at radius 1 is 1.50 bits per heavy atom. The Morgan fingerprint density at radius 3 is 2.95 bits per heavy atom. The van der Waals surface area contributed by atoms with E-state index in [-0.39, 0.29) is 24.1 Å². The zero-order chi connectivity index (χ0) is 14.6. The van der Waals surface area contributed by atoms with Gasteiger partial charge < -0.3 is 14.6 Å². The van der Waals surface area contributed by atoms with Crippen molar-refractivity contribution in [2.24, 2.45) is 0 Å². The number of halogens is 1. The van der Waals surface area contributed by atoms with E-state index in [1.165, 1.54) is 12.1 Å². The average molecular weight is 278 g/mol. The third-order valence-electron chi connectivity index (χ3n) is 3.22. The molecule has 0 aliphatic carbocycles. The van der Waals surface area contributed by atoms with Crippen LogP contribution in [0.5, 0.6) is 5.75 Å². The van der Waals surface area contributed by atoms with Gasteiger partial charge in [-0.1, -0.05) is 11.8 Å². The molecule has 1 heterocycles. The van der Waals surface area contributed by atoms with Gasteiger partial charge in [0.2, 0.25) is 0 Å². The van der Waals surface area contributed by atoms with E-state index in [0.29, 0.717) is 12.2 Å². The Labute approximate surface area is 118 Å². The van der Waals surface area contributed by atoms with Gasteiger partial charge >= 0.3 is 0 Å². The molecule has 1 fully saturated rings. The number of aliphatic hydroxyl groups is 1. The third-order valence-corrected chi connectivity index (χ3v) is 3.22. The van der Waals surface area contributed by atoms with Gasteiger partial charge in [-0.15, -0.1) is 0 Å². The van der Waals surface area contributed by atoms with Crippen molar-refractivity contribution in [1.82, 2.24) is 0 Å². The molecule has 108 valence electrons. The summed E-state index contributed by atoms with van der Waals surface area (Å²) in [6.07, 6.45) is 1.89. The summed E-state index contributed by atoms with van der Waals surface area (Å²) in [4.78, 5) is 0. The molecule has 1 aromatic rings. The van der Waals surface area contributed by atoms with Crippen LogP contribution in [-0.4, -0.2) is 30.0 Å². The molecule has 0 bridgehead atoms. The lowest BCUT2D eigenvalue weighted by Crippen LogP contribution is -2.24. The Morgan fingerprint density at radius 2 is 2.30 bits per heavy atom. The van der Waals surface area contributed by atoms with Gasteiger partial charge in [-0.25, -0.2) is 4.39 Å². The van der Waals surface area contributed by atoms with Crippen LogP contribution in [-0.2, 0) is 4.74 Å². The first kappa shape index (κ1) is 14.8. The van der Waals surface area contributed by atoms with Crippen LogP contribution in [0.4, 0.5) is 4.39 Å². The minimum absolute atomic E-state index is 0.00316. The van der Waals surface area contributed by atoms with E-state index in [4.69, 9.17) is 14.6 Å². The third kappa shape index (κ3) is 3.96. The van der Waals surface area contributed by atoms with Gasteiger partial charge in [0.05, 0.1) is 11.7 Å². The average Bonchev–Trinajstić information content (AvgIpc) is 2.76. The molecule has 1 aromatic carbocycles. The van der Waals surface area contributed by atoms with Gasteiger partial charge in [-0.3, -0.25) is 0 Å². The molecule has 1 saturated heterocycles. The van der Waals surface area contributed by atoms with Gasteiger partial charge in [-0.05, 0) is 44.9 Å². The fraction of sp³-hybridized carbons (Fsp3) is 0.500. The van der Waals surface area contributed by atoms with Crippen LogP contribution in [0.2, 0.25) is 0 Å². The van der Waals surface area contributed by atoms with Gasteiger partial charge in [0, 0.05) is 5.56 Å². The van der Waals surface area contributed by atoms with Crippen LogP contribution in [0, 0.1) is 17.7 Å². The molecule has 0 spiro atoms. The van der Waals surface area contributed by atoms with E-state index in [9.17, 15) is 4.39 Å². The Balaban J connectivity index is 1.98. The minimum Gasteiger partial charge on any atom is -0.488 e. The first-order chi connectivity index (χ1) is 9.50. The molecule has 1 N–H and O–H groups in total. The van der Waals surface area contributed by atoms with Crippen LogP contribution in [0.15, 0.2) is 18.2 Å². The van der Waals surface area contributed by atoms with E-state index in [2.05, 4.69) is 11.8 Å². The second-order valence-electron chi connectivity index (χ2n) is 5.45. The molecule has 20 heavy (non-hydrogen) atoms. The summed E-state index contributed by atoms with van der Waals surface area (Å²) in [7, 11) is 0. The predicted octanol–water partition coefficient (Wildman–Crippen LogP) is 2.51. The first-order valence-corrected chi connectivity index (χ1v) is 6.70. The number of rotatable bonds is 3. The first-order valence-electron chi connectivity index (χ1n) is 6.70. The Kier molecular flexibility index (Phi) is 4.64. The normalized spacial score (nSPS) is 20.3. The van der Waals surface area contributed by atoms with Crippen molar-refractivity contribution in [2.75, 3.05) is 13.2 Å². The number of aliphatic hydroxyl groups excluding tert-OH is 1. The lowest BCUT2D eigenvalue weighted by atomic mass is 10.1. The highest BCUT2D eigenvalue weighted by atomic mass is 19.1. The van der Waals surface area contributed by atoms with E-state index >= 15 is 0 Å². The summed E-state index contributed by atoms with van der Waals surface area (Å²) in [5, 5.41) is 8.65. The van der Waals surface area contributed by atoms with Gasteiger partial charge in [0.15, 0.2) is 11.6 Å². The highest BCUT2D eigenvalue weighted by molar-refractivity contribution is 5.40. The molecule has 1 aliphatic rings. The molecular weight excluding hydrogens is 259 g/mol. The summed E-state index contributed by atoms with van der Waals surface area (Å²) < 4.78 is 25.0. The van der Waals surface area contributed by atoms with Crippen molar-refractivity contribution >= 4 is 0 Å². The quantitative estimate of drug-likeness (QED) is 0.863. The van der Waals surface area contributed by atoms with Crippen LogP contribution < -0.4 is 4.74 Å². The van der Waals surface area contributed by atoms with E-state index in [1.807, 2.05) is 13.8 Å². The number of ether oxygens (including phenoxy) is 2. The van der Waals surface area contributed by atoms with Crippen molar-refractivity contribution in [3.63, 3.8) is 0 Å². The SMILES string of the molecule is CC1(C)CCC(COc2cc(C#CCO)ccc2F)O1. The molecule has 1 atom stereocenters. The fourth-order valence-electron chi connectivity index (χ4n) is 2.21. The zero-order valence-corrected chi connectivity index (χ0v) is 11.8. The van der Waals surface area contributed by atoms with Crippen molar-refractivity contribution < 1.29 is 19.0 Å². The molecular formula is C16H19FO3. The molecule has 0 radical (unpaired) electrons. The lowest BCUT2D eigenvalue weighted by molar-refractivity contribution is -0.0330. The van der Waals surface area contributed by atoms with Crippen molar-refractivity contribution in [3.8, 4) is 17.6 Å². The molecule has 0 aromatic heterocycles. The van der Waals surface area contributed by atoms with Crippen molar-refractivity contribution in [2.45, 2.75) is 38.4 Å². The largest absolute Gasteiger partial charge is 0.488 e. The van der Waals surface area contributed by atoms with Gasteiger partial charge in [0.1, 0.15) is 13.2 Å². The second-order valence-corrected chi connectivity index (χ2v) is 5.45. The maximum absolute atomic E-state index is 13.7. The van der Waals surface area contributed by atoms with Crippen LogP contribution in [0.3, 0.4) is 0 Å². The predicted molar refractivity (Wildman–Crippen MR) is 74.0 cm³/mol. The summed E-state index contributed by atoms with van der Waals surface area (Å²) in [6, 6.07) is 4.41. The van der Waals surface area contributed by atoms with Crippen molar-refractivity contribution in [1.29, 1.82) is 0 Å². The molecule has 2 rings (SSSR count). The monoisotopic (exact) mass is 278 g/mol. The van der Waals surface area contributed by atoms with Gasteiger partial charge in [-0.2, -0.15) is 0 Å². The topological polar surface area (TPSA) is 38.7 Å². The van der Waals surface area contributed by atoms with Crippen molar-refractivity contribution in [3.05, 3.63) is 29.6 Å². The van der Waals surface area contributed by atoms with E-state index in [1.54, 1.807) is 6.07 Å². The lowest BCUT2D eigenvalue weighted by Gasteiger charge is -2.19. The fourth-order valence-corrected chi connectivity index (χ4v) is 2.21. The molecule has 0 amide bonds.